The minimum atomic E-state index is -0.695. The third-order valence-corrected chi connectivity index (χ3v) is 10.6. The van der Waals surface area contributed by atoms with Gasteiger partial charge in [0.25, 0.3) is 0 Å². The molecule has 0 amide bonds. The highest BCUT2D eigenvalue weighted by molar-refractivity contribution is 5.69. The molecule has 0 bridgehead atoms. The molecule has 0 aliphatic rings. The fourth-order valence-electron chi connectivity index (χ4n) is 7.25. The van der Waals surface area contributed by atoms with Crippen LogP contribution in [0, 0.1) is 0 Å². The zero-order chi connectivity index (χ0) is 35.7. The zero-order valence-electron chi connectivity index (χ0n) is 33.5. The van der Waals surface area contributed by atoms with Gasteiger partial charge in [0.05, 0.1) is 0 Å². The van der Waals surface area contributed by atoms with Crippen molar-refractivity contribution in [3.8, 4) is 0 Å². The molecule has 0 aromatic rings. The van der Waals surface area contributed by atoms with Crippen molar-refractivity contribution in [2.45, 2.75) is 277 Å². The lowest BCUT2D eigenvalue weighted by molar-refractivity contribution is -0.150. The van der Waals surface area contributed by atoms with E-state index in [0.29, 0.717) is 6.42 Å². The average Bonchev–Trinajstić information content (AvgIpc) is 3.09. The second-order valence-electron chi connectivity index (χ2n) is 15.6. The molecule has 0 heterocycles. The van der Waals surface area contributed by atoms with Crippen molar-refractivity contribution in [1.29, 1.82) is 0 Å². The Morgan fingerprint density at radius 2 is 0.612 bits per heavy atom. The summed E-state index contributed by atoms with van der Waals surface area (Å²) in [5.74, 6) is -0.683. The third-order valence-electron chi connectivity index (χ3n) is 10.6. The van der Waals surface area contributed by atoms with Crippen molar-refractivity contribution in [2.24, 2.45) is 0 Å². The molecule has 49 heavy (non-hydrogen) atoms. The van der Waals surface area contributed by atoms with E-state index in [1.54, 1.807) is 0 Å². The number of hydrogen-bond acceptors (Lipinski definition) is 3. The Morgan fingerprint density at radius 3 is 0.898 bits per heavy atom. The molecule has 0 rings (SSSR count). The van der Waals surface area contributed by atoms with E-state index in [2.05, 4.69) is 13.8 Å². The van der Waals surface area contributed by atoms with E-state index in [0.717, 1.165) is 64.2 Å². The number of ether oxygens (including phenoxy) is 1. The van der Waals surface area contributed by atoms with Crippen LogP contribution >= 0.6 is 0 Å². The molecule has 0 aliphatic carbocycles. The summed E-state index contributed by atoms with van der Waals surface area (Å²) < 4.78 is 6.03. The van der Waals surface area contributed by atoms with Crippen LogP contribution in [-0.2, 0) is 14.3 Å². The number of carbonyl (C=O) groups is 2. The standard InChI is InChI=1S/C45H88O4/c1-3-5-7-9-11-13-15-17-18-19-20-21-23-25-27-29-34-38-42-45(48)49-43(40-36-32-30-33-37-41-44(46)47)39-35-31-28-26-24-22-16-14-12-10-8-6-4-2/h43H,3-42H2,1-2H3,(H,46,47). The largest absolute Gasteiger partial charge is 0.481 e. The van der Waals surface area contributed by atoms with Crippen molar-refractivity contribution < 1.29 is 19.4 Å². The van der Waals surface area contributed by atoms with Gasteiger partial charge < -0.3 is 9.84 Å². The number of carbonyl (C=O) groups excluding carboxylic acids is 1. The highest BCUT2D eigenvalue weighted by Gasteiger charge is 2.14. The van der Waals surface area contributed by atoms with Crippen LogP contribution in [-0.4, -0.2) is 23.1 Å². The molecule has 1 atom stereocenters. The second-order valence-corrected chi connectivity index (χ2v) is 15.6. The summed E-state index contributed by atoms with van der Waals surface area (Å²) in [6.45, 7) is 4.57. The van der Waals surface area contributed by atoms with Crippen LogP contribution in [0.2, 0.25) is 0 Å². The summed E-state index contributed by atoms with van der Waals surface area (Å²) in [5, 5.41) is 8.84. The van der Waals surface area contributed by atoms with Crippen LogP contribution in [0.1, 0.15) is 271 Å². The van der Waals surface area contributed by atoms with Crippen LogP contribution < -0.4 is 0 Å². The number of unbranched alkanes of at least 4 members (excludes halogenated alkanes) is 33. The molecule has 292 valence electrons. The lowest BCUT2D eigenvalue weighted by atomic mass is 10.0. The maximum atomic E-state index is 12.7. The summed E-state index contributed by atoms with van der Waals surface area (Å²) in [7, 11) is 0. The summed E-state index contributed by atoms with van der Waals surface area (Å²) >= 11 is 0. The fraction of sp³-hybridized carbons (Fsp3) is 0.956. The molecule has 1 unspecified atom stereocenters. The smallest absolute Gasteiger partial charge is 0.306 e. The minimum absolute atomic E-state index is 0.0117. The number of carboxylic acid groups (broad SMARTS) is 1. The quantitative estimate of drug-likeness (QED) is 0.0511. The van der Waals surface area contributed by atoms with E-state index in [4.69, 9.17) is 9.84 Å². The molecule has 0 aromatic heterocycles. The van der Waals surface area contributed by atoms with Crippen molar-refractivity contribution in [1.82, 2.24) is 0 Å². The van der Waals surface area contributed by atoms with E-state index in [1.807, 2.05) is 0 Å². The molecule has 1 N–H and O–H groups in total. The van der Waals surface area contributed by atoms with Gasteiger partial charge >= 0.3 is 11.9 Å². The van der Waals surface area contributed by atoms with Crippen LogP contribution in [0.4, 0.5) is 0 Å². The van der Waals surface area contributed by atoms with Crippen LogP contribution in [0.15, 0.2) is 0 Å². The highest BCUT2D eigenvalue weighted by Crippen LogP contribution is 2.20. The first-order valence-corrected chi connectivity index (χ1v) is 22.5. The lowest BCUT2D eigenvalue weighted by Gasteiger charge is -2.18. The van der Waals surface area contributed by atoms with Crippen molar-refractivity contribution in [3.63, 3.8) is 0 Å². The number of esters is 1. The van der Waals surface area contributed by atoms with Gasteiger partial charge in [-0.05, 0) is 38.5 Å². The molecule has 0 radical (unpaired) electrons. The molecule has 0 saturated heterocycles. The van der Waals surface area contributed by atoms with E-state index in [1.165, 1.54) is 180 Å². The Hall–Kier alpha value is -1.06. The van der Waals surface area contributed by atoms with Crippen molar-refractivity contribution in [2.75, 3.05) is 0 Å². The number of carboxylic acids is 1. The molecule has 0 saturated carbocycles. The van der Waals surface area contributed by atoms with Gasteiger partial charge in [-0.25, -0.2) is 0 Å². The maximum Gasteiger partial charge on any atom is 0.306 e. The fourth-order valence-corrected chi connectivity index (χ4v) is 7.25. The molecule has 0 aromatic carbocycles. The summed E-state index contributed by atoms with van der Waals surface area (Å²) in [4.78, 5) is 23.5. The Bertz CT molecular complexity index is 662. The Labute approximate surface area is 307 Å². The normalized spacial score (nSPS) is 12.0. The molecule has 0 spiro atoms. The van der Waals surface area contributed by atoms with E-state index in [-0.39, 0.29) is 18.5 Å². The van der Waals surface area contributed by atoms with Gasteiger partial charge in [-0.2, -0.15) is 0 Å². The van der Waals surface area contributed by atoms with Gasteiger partial charge in [0.1, 0.15) is 6.10 Å². The Balaban J connectivity index is 3.91. The number of rotatable bonds is 42. The summed E-state index contributed by atoms with van der Waals surface area (Å²) in [5.41, 5.74) is 0. The SMILES string of the molecule is CCCCCCCCCCCCCCCCCCCCC(=O)OC(CCCCCCCCCCCCCCC)CCCCCCCC(=O)O. The molecule has 0 aliphatic heterocycles. The first-order chi connectivity index (χ1) is 24.1. The average molecular weight is 693 g/mol. The Morgan fingerprint density at radius 1 is 0.367 bits per heavy atom. The van der Waals surface area contributed by atoms with Gasteiger partial charge in [-0.3, -0.25) is 9.59 Å². The molecule has 0 fully saturated rings. The Kier molecular flexibility index (Phi) is 40.5. The second kappa shape index (κ2) is 41.4. The van der Waals surface area contributed by atoms with Crippen molar-refractivity contribution in [3.05, 3.63) is 0 Å². The molecular weight excluding hydrogens is 604 g/mol. The van der Waals surface area contributed by atoms with E-state index < -0.39 is 5.97 Å². The highest BCUT2D eigenvalue weighted by atomic mass is 16.5. The first-order valence-electron chi connectivity index (χ1n) is 22.5. The number of aliphatic carboxylic acids is 1. The zero-order valence-corrected chi connectivity index (χ0v) is 33.5. The van der Waals surface area contributed by atoms with Crippen LogP contribution in [0.5, 0.6) is 0 Å². The monoisotopic (exact) mass is 693 g/mol. The number of hydrogen-bond donors (Lipinski definition) is 1. The molecule has 4 nitrogen and oxygen atoms in total. The van der Waals surface area contributed by atoms with Gasteiger partial charge in [0.2, 0.25) is 0 Å². The predicted molar refractivity (Wildman–Crippen MR) is 214 cm³/mol. The molecular formula is C45H88O4. The topological polar surface area (TPSA) is 63.6 Å². The van der Waals surface area contributed by atoms with Gasteiger partial charge in [-0.1, -0.05) is 219 Å². The predicted octanol–water partition coefficient (Wildman–Crippen LogP) is 15.6. The van der Waals surface area contributed by atoms with E-state index >= 15 is 0 Å². The van der Waals surface area contributed by atoms with Gasteiger partial charge in [0, 0.05) is 12.8 Å². The third kappa shape index (κ3) is 41.2. The molecule has 4 heteroatoms. The van der Waals surface area contributed by atoms with Crippen molar-refractivity contribution >= 4 is 11.9 Å². The van der Waals surface area contributed by atoms with Gasteiger partial charge in [0.15, 0.2) is 0 Å². The lowest BCUT2D eigenvalue weighted by Crippen LogP contribution is -2.18. The van der Waals surface area contributed by atoms with E-state index in [9.17, 15) is 9.59 Å². The van der Waals surface area contributed by atoms with Gasteiger partial charge in [-0.15, -0.1) is 0 Å². The van der Waals surface area contributed by atoms with Crippen LogP contribution in [0.25, 0.3) is 0 Å². The summed E-state index contributed by atoms with van der Waals surface area (Å²) in [6, 6.07) is 0. The summed E-state index contributed by atoms with van der Waals surface area (Å²) in [6.07, 6.45) is 49.9. The minimum Gasteiger partial charge on any atom is -0.481 e. The first kappa shape index (κ1) is 47.9. The van der Waals surface area contributed by atoms with Crippen LogP contribution in [0.3, 0.4) is 0 Å². The maximum absolute atomic E-state index is 12.7.